The minimum Gasteiger partial charge on any atom is -0.354 e. The number of ketones is 1. The molecular weight excluding hydrogens is 496 g/mol. The Hall–Kier alpha value is -3.73. The van der Waals surface area contributed by atoms with Crippen molar-refractivity contribution in [3.05, 3.63) is 108 Å². The van der Waals surface area contributed by atoms with E-state index in [2.05, 4.69) is 5.32 Å². The smallest absolute Gasteiger partial charge is 0.243 e. The Balaban J connectivity index is 1.65. The molecule has 2 fully saturated rings. The Labute approximate surface area is 238 Å². The highest BCUT2D eigenvalue weighted by atomic mass is 16.2. The molecular formula is C35H40N2O3. The first-order chi connectivity index (χ1) is 19.6. The molecule has 1 aliphatic carbocycles. The minimum atomic E-state index is -0.784. The summed E-state index contributed by atoms with van der Waals surface area (Å²) in [5.74, 6) is -0.800. The van der Waals surface area contributed by atoms with Crippen molar-refractivity contribution in [3.8, 4) is 0 Å². The quantitative estimate of drug-likeness (QED) is 0.293. The van der Waals surface area contributed by atoms with Crippen LogP contribution in [0.4, 0.5) is 0 Å². The van der Waals surface area contributed by atoms with Crippen LogP contribution in [0.3, 0.4) is 0 Å². The van der Waals surface area contributed by atoms with E-state index in [-0.39, 0.29) is 17.6 Å². The van der Waals surface area contributed by atoms with Gasteiger partial charge in [-0.3, -0.25) is 14.4 Å². The topological polar surface area (TPSA) is 66.5 Å². The number of Topliss-reactive ketones (excluding diaryl/α,β-unsaturated/α-hetero) is 1. The van der Waals surface area contributed by atoms with Gasteiger partial charge >= 0.3 is 0 Å². The molecule has 3 aromatic rings. The minimum absolute atomic E-state index is 0.0392. The molecule has 1 saturated heterocycles. The molecule has 2 aliphatic rings. The highest BCUT2D eigenvalue weighted by molar-refractivity contribution is 6.02. The van der Waals surface area contributed by atoms with Crippen LogP contribution in [-0.2, 0) is 9.59 Å². The number of hydrogen-bond donors (Lipinski definition) is 1. The zero-order valence-corrected chi connectivity index (χ0v) is 23.4. The zero-order chi connectivity index (χ0) is 27.9. The van der Waals surface area contributed by atoms with E-state index in [1.807, 2.05) is 97.9 Å². The normalized spacial score (nSPS) is 22.8. The Kier molecular flexibility index (Phi) is 9.10. The summed E-state index contributed by atoms with van der Waals surface area (Å²) in [6.45, 7) is 2.54. The molecule has 5 rings (SSSR count). The molecule has 40 heavy (non-hydrogen) atoms. The van der Waals surface area contributed by atoms with Gasteiger partial charge in [0.25, 0.3) is 0 Å². The van der Waals surface area contributed by atoms with Gasteiger partial charge in [0.15, 0.2) is 5.78 Å². The molecule has 1 heterocycles. The molecule has 4 atom stereocenters. The van der Waals surface area contributed by atoms with Gasteiger partial charge in [0.2, 0.25) is 11.8 Å². The first-order valence-corrected chi connectivity index (χ1v) is 14.9. The van der Waals surface area contributed by atoms with E-state index in [0.717, 1.165) is 36.8 Å². The maximum absolute atomic E-state index is 14.5. The average molecular weight is 537 g/mol. The number of carbonyl (C=O) groups excluding carboxylic acids is 3. The number of carbonyl (C=O) groups is 3. The lowest BCUT2D eigenvalue weighted by atomic mass is 9.76. The summed E-state index contributed by atoms with van der Waals surface area (Å²) in [5, 5.41) is 3.08. The van der Waals surface area contributed by atoms with E-state index in [1.165, 1.54) is 12.8 Å². The maximum Gasteiger partial charge on any atom is 0.243 e. The van der Waals surface area contributed by atoms with Crippen molar-refractivity contribution >= 4 is 17.6 Å². The van der Waals surface area contributed by atoms with Gasteiger partial charge in [-0.1, -0.05) is 124 Å². The highest BCUT2D eigenvalue weighted by Crippen LogP contribution is 2.51. The Morgan fingerprint density at radius 3 is 1.98 bits per heavy atom. The van der Waals surface area contributed by atoms with Crippen LogP contribution in [0.1, 0.15) is 85.3 Å². The van der Waals surface area contributed by atoms with Gasteiger partial charge in [-0.05, 0) is 29.9 Å². The zero-order valence-electron chi connectivity index (χ0n) is 23.4. The largest absolute Gasteiger partial charge is 0.354 e. The maximum atomic E-state index is 14.5. The summed E-state index contributed by atoms with van der Waals surface area (Å²) in [7, 11) is 0. The van der Waals surface area contributed by atoms with Gasteiger partial charge in [0, 0.05) is 24.4 Å². The number of benzene rings is 3. The van der Waals surface area contributed by atoms with Crippen molar-refractivity contribution in [3.63, 3.8) is 0 Å². The third kappa shape index (κ3) is 5.89. The summed E-state index contributed by atoms with van der Waals surface area (Å²) in [6, 6.07) is 27.6. The first kappa shape index (κ1) is 27.8. The molecule has 5 heteroatoms. The van der Waals surface area contributed by atoms with Gasteiger partial charge in [-0.2, -0.15) is 0 Å². The standard InChI is InChI=1S/C35H40N2O3/c1-2-24-36-35(40)33-30(26-16-6-3-7-17-26)31(34(39)28-20-10-5-11-21-28)32(27-18-8-4-9-19-27)37(33)29(38)23-22-25-14-12-13-15-25/h3-11,16-21,25,30-33H,2,12-15,22-24H2,1H3,(H,36,40). The van der Waals surface area contributed by atoms with E-state index in [9.17, 15) is 14.4 Å². The average Bonchev–Trinajstić information content (AvgIpc) is 3.66. The van der Waals surface area contributed by atoms with Crippen LogP contribution in [0.15, 0.2) is 91.0 Å². The van der Waals surface area contributed by atoms with Crippen molar-refractivity contribution in [1.82, 2.24) is 10.2 Å². The van der Waals surface area contributed by atoms with E-state index in [0.29, 0.717) is 24.4 Å². The highest BCUT2D eigenvalue weighted by Gasteiger charge is 2.57. The number of hydrogen-bond acceptors (Lipinski definition) is 3. The lowest BCUT2D eigenvalue weighted by molar-refractivity contribution is -0.141. The summed E-state index contributed by atoms with van der Waals surface area (Å²) in [6.07, 6.45) is 6.78. The van der Waals surface area contributed by atoms with Crippen molar-refractivity contribution in [2.45, 2.75) is 69.9 Å². The molecule has 0 radical (unpaired) electrons. The molecule has 5 nitrogen and oxygen atoms in total. The second-order valence-electron chi connectivity index (χ2n) is 11.3. The van der Waals surface area contributed by atoms with Gasteiger partial charge in [0.05, 0.1) is 12.0 Å². The third-order valence-electron chi connectivity index (χ3n) is 8.70. The summed E-state index contributed by atoms with van der Waals surface area (Å²) in [5.41, 5.74) is 2.39. The number of rotatable bonds is 10. The van der Waals surface area contributed by atoms with Crippen molar-refractivity contribution in [2.24, 2.45) is 11.8 Å². The van der Waals surface area contributed by atoms with Crippen molar-refractivity contribution < 1.29 is 14.4 Å². The van der Waals surface area contributed by atoms with Crippen LogP contribution in [-0.4, -0.2) is 35.1 Å². The van der Waals surface area contributed by atoms with Crippen LogP contribution >= 0.6 is 0 Å². The Morgan fingerprint density at radius 2 is 1.38 bits per heavy atom. The molecule has 0 bridgehead atoms. The van der Waals surface area contributed by atoms with E-state index in [4.69, 9.17) is 0 Å². The Morgan fingerprint density at radius 1 is 0.800 bits per heavy atom. The van der Waals surface area contributed by atoms with E-state index >= 15 is 0 Å². The van der Waals surface area contributed by atoms with Crippen molar-refractivity contribution in [1.29, 1.82) is 0 Å². The van der Waals surface area contributed by atoms with Gasteiger partial charge < -0.3 is 10.2 Å². The lowest BCUT2D eigenvalue weighted by Crippen LogP contribution is -2.48. The van der Waals surface area contributed by atoms with Gasteiger partial charge in [-0.15, -0.1) is 0 Å². The predicted octanol–water partition coefficient (Wildman–Crippen LogP) is 6.72. The number of nitrogens with zero attached hydrogens (tertiary/aromatic N) is 1. The van der Waals surface area contributed by atoms with Crippen LogP contribution in [0, 0.1) is 11.8 Å². The monoisotopic (exact) mass is 536 g/mol. The molecule has 0 aromatic heterocycles. The van der Waals surface area contributed by atoms with Crippen LogP contribution in [0.25, 0.3) is 0 Å². The predicted molar refractivity (Wildman–Crippen MR) is 158 cm³/mol. The van der Waals surface area contributed by atoms with Crippen LogP contribution < -0.4 is 5.32 Å². The summed E-state index contributed by atoms with van der Waals surface area (Å²) >= 11 is 0. The molecule has 1 N–H and O–H groups in total. The molecule has 4 unspecified atom stereocenters. The Bertz CT molecular complexity index is 1270. The lowest BCUT2D eigenvalue weighted by Gasteiger charge is -2.32. The van der Waals surface area contributed by atoms with Gasteiger partial charge in [0.1, 0.15) is 6.04 Å². The van der Waals surface area contributed by atoms with Crippen LogP contribution in [0.2, 0.25) is 0 Å². The fourth-order valence-electron chi connectivity index (χ4n) is 6.80. The number of likely N-dealkylation sites (tertiary alicyclic amines) is 1. The molecule has 208 valence electrons. The first-order valence-electron chi connectivity index (χ1n) is 14.9. The third-order valence-corrected chi connectivity index (χ3v) is 8.70. The fraction of sp³-hybridized carbons (Fsp3) is 0.400. The molecule has 0 spiro atoms. The molecule has 3 aromatic carbocycles. The van der Waals surface area contributed by atoms with Crippen molar-refractivity contribution in [2.75, 3.05) is 6.54 Å². The second kappa shape index (κ2) is 13.1. The van der Waals surface area contributed by atoms with E-state index in [1.54, 1.807) is 4.90 Å². The molecule has 1 aliphatic heterocycles. The number of nitrogens with one attached hydrogen (secondary N) is 1. The second-order valence-corrected chi connectivity index (χ2v) is 11.3. The number of amides is 2. The van der Waals surface area contributed by atoms with Gasteiger partial charge in [-0.25, -0.2) is 0 Å². The SMILES string of the molecule is CCCNC(=O)C1C(c2ccccc2)C(C(=O)c2ccccc2)C(c2ccccc2)N1C(=O)CCC1CCCC1. The van der Waals surface area contributed by atoms with E-state index < -0.39 is 23.9 Å². The molecule has 2 amide bonds. The summed E-state index contributed by atoms with van der Waals surface area (Å²) < 4.78 is 0. The fourth-order valence-corrected chi connectivity index (χ4v) is 6.80. The van der Waals surface area contributed by atoms with Crippen LogP contribution in [0.5, 0.6) is 0 Å². The molecule has 1 saturated carbocycles. The summed E-state index contributed by atoms with van der Waals surface area (Å²) in [4.78, 5) is 44.6.